The summed E-state index contributed by atoms with van der Waals surface area (Å²) in [5.74, 6) is -2.40. The van der Waals surface area contributed by atoms with Crippen molar-refractivity contribution in [2.45, 2.75) is 232 Å². The number of allylic oxidation sites excluding steroid dienone is 20. The molecule has 9 nitrogen and oxygen atoms in total. The third-order valence-electron chi connectivity index (χ3n) is 12.2. The predicted molar refractivity (Wildman–Crippen MR) is 315 cm³/mol. The van der Waals surface area contributed by atoms with Crippen LogP contribution in [0.2, 0.25) is 0 Å². The van der Waals surface area contributed by atoms with Gasteiger partial charge in [0.25, 0.3) is 0 Å². The van der Waals surface area contributed by atoms with Crippen LogP contribution in [0.3, 0.4) is 0 Å². The highest BCUT2D eigenvalue weighted by Gasteiger charge is 2.21. The van der Waals surface area contributed by atoms with Crippen molar-refractivity contribution in [3.63, 3.8) is 0 Å². The molecule has 0 rings (SSSR count). The van der Waals surface area contributed by atoms with E-state index in [1.165, 1.54) is 96.3 Å². The maximum absolute atomic E-state index is 12.8. The molecule has 0 aliphatic carbocycles. The van der Waals surface area contributed by atoms with Crippen LogP contribution < -0.4 is 5.11 Å². The van der Waals surface area contributed by atoms with Crippen molar-refractivity contribution in [3.8, 4) is 0 Å². The van der Waals surface area contributed by atoms with E-state index < -0.39 is 30.3 Å². The van der Waals surface area contributed by atoms with Crippen molar-refractivity contribution in [1.82, 2.24) is 0 Å². The lowest BCUT2D eigenvalue weighted by molar-refractivity contribution is -0.870. The molecule has 426 valence electrons. The normalized spacial score (nSPS) is 13.7. The molecular formula is C66H109NO8. The summed E-state index contributed by atoms with van der Waals surface area (Å²) in [6.45, 7) is 4.42. The molecule has 2 unspecified atom stereocenters. The summed E-state index contributed by atoms with van der Waals surface area (Å²) in [4.78, 5) is 37.1. The Morgan fingerprint density at radius 2 is 0.747 bits per heavy atom. The van der Waals surface area contributed by atoms with Gasteiger partial charge in [0.2, 0.25) is 0 Å². The number of carboxylic acids is 1. The van der Waals surface area contributed by atoms with Crippen molar-refractivity contribution >= 4 is 17.9 Å². The number of esters is 2. The van der Waals surface area contributed by atoms with Crippen molar-refractivity contribution in [3.05, 3.63) is 122 Å². The quantitative estimate of drug-likeness (QED) is 0.0195. The van der Waals surface area contributed by atoms with E-state index in [1.807, 2.05) is 33.3 Å². The van der Waals surface area contributed by atoms with Gasteiger partial charge in [-0.2, -0.15) is 0 Å². The highest BCUT2D eigenvalue weighted by Crippen LogP contribution is 2.16. The number of unbranched alkanes of at least 4 members (excludes halogenated alkanes) is 18. The van der Waals surface area contributed by atoms with Crippen LogP contribution in [0.15, 0.2) is 122 Å². The van der Waals surface area contributed by atoms with Gasteiger partial charge in [0.05, 0.1) is 40.3 Å². The van der Waals surface area contributed by atoms with E-state index in [0.29, 0.717) is 23.9 Å². The second-order valence-corrected chi connectivity index (χ2v) is 20.5. The maximum atomic E-state index is 12.8. The van der Waals surface area contributed by atoms with E-state index >= 15 is 0 Å². The van der Waals surface area contributed by atoms with Gasteiger partial charge in [-0.15, -0.1) is 0 Å². The van der Waals surface area contributed by atoms with Gasteiger partial charge in [-0.3, -0.25) is 9.59 Å². The third-order valence-corrected chi connectivity index (χ3v) is 12.2. The van der Waals surface area contributed by atoms with E-state index in [0.717, 1.165) is 83.5 Å². The van der Waals surface area contributed by atoms with E-state index in [1.54, 1.807) is 0 Å². The molecule has 0 fully saturated rings. The minimum absolute atomic E-state index is 0.133. The smallest absolute Gasteiger partial charge is 0.306 e. The van der Waals surface area contributed by atoms with Gasteiger partial charge in [0.15, 0.2) is 12.4 Å². The summed E-state index contributed by atoms with van der Waals surface area (Å²) in [7, 11) is 5.89. The van der Waals surface area contributed by atoms with Crippen LogP contribution in [0.25, 0.3) is 0 Å². The topological polar surface area (TPSA) is 111 Å². The Balaban J connectivity index is 4.09. The first-order valence-corrected chi connectivity index (χ1v) is 29.7. The molecule has 9 heteroatoms. The van der Waals surface area contributed by atoms with Gasteiger partial charge < -0.3 is 33.3 Å². The third kappa shape index (κ3) is 57.2. The zero-order valence-electron chi connectivity index (χ0n) is 48.4. The lowest BCUT2D eigenvalue weighted by atomic mass is 10.0. The lowest BCUT2D eigenvalue weighted by Crippen LogP contribution is -2.44. The van der Waals surface area contributed by atoms with Gasteiger partial charge in [0, 0.05) is 12.8 Å². The Kier molecular flexibility index (Phi) is 52.7. The molecule has 0 N–H and O–H groups in total. The summed E-state index contributed by atoms with van der Waals surface area (Å²) < 4.78 is 22.6. The Bertz CT molecular complexity index is 1640. The number of aliphatic carboxylic acids is 1. The molecule has 0 heterocycles. The number of carbonyl (C=O) groups is 3. The van der Waals surface area contributed by atoms with Crippen LogP contribution >= 0.6 is 0 Å². The van der Waals surface area contributed by atoms with Crippen LogP contribution in [0.1, 0.15) is 219 Å². The van der Waals surface area contributed by atoms with Crippen molar-refractivity contribution in [1.29, 1.82) is 0 Å². The minimum atomic E-state index is -1.64. The van der Waals surface area contributed by atoms with E-state index in [-0.39, 0.29) is 32.7 Å². The molecule has 0 aromatic rings. The second kappa shape index (κ2) is 55.9. The highest BCUT2D eigenvalue weighted by atomic mass is 16.7. The van der Waals surface area contributed by atoms with Gasteiger partial charge in [-0.1, -0.05) is 238 Å². The van der Waals surface area contributed by atoms with Crippen LogP contribution in [0.5, 0.6) is 0 Å². The van der Waals surface area contributed by atoms with Gasteiger partial charge in [-0.25, -0.2) is 0 Å². The van der Waals surface area contributed by atoms with Gasteiger partial charge in [0.1, 0.15) is 13.2 Å². The number of likely N-dealkylation sites (N-methyl/N-ethyl adjacent to an activating group) is 1. The summed E-state index contributed by atoms with van der Waals surface area (Å²) in [6, 6.07) is 0. The fraction of sp³-hybridized carbons (Fsp3) is 0.652. The van der Waals surface area contributed by atoms with E-state index in [2.05, 4.69) is 123 Å². The lowest BCUT2D eigenvalue weighted by Gasteiger charge is -2.26. The predicted octanol–water partition coefficient (Wildman–Crippen LogP) is 16.3. The zero-order valence-corrected chi connectivity index (χ0v) is 48.4. The van der Waals surface area contributed by atoms with Crippen molar-refractivity contribution < 1.29 is 42.9 Å². The minimum Gasteiger partial charge on any atom is -0.545 e. The van der Waals surface area contributed by atoms with Crippen molar-refractivity contribution in [2.24, 2.45) is 0 Å². The number of quaternary nitrogens is 1. The Morgan fingerprint density at radius 3 is 1.12 bits per heavy atom. The van der Waals surface area contributed by atoms with Crippen LogP contribution in [-0.2, 0) is 33.3 Å². The molecule has 0 aliphatic rings. The number of carboxylic acid groups (broad SMARTS) is 1. The molecule has 0 spiro atoms. The molecule has 0 bridgehead atoms. The first-order chi connectivity index (χ1) is 36.6. The summed E-state index contributed by atoms with van der Waals surface area (Å²) in [6.07, 6.45) is 75.8. The molecule has 0 radical (unpaired) electrons. The summed E-state index contributed by atoms with van der Waals surface area (Å²) in [5, 5.41) is 11.7. The molecule has 0 saturated heterocycles. The zero-order chi connectivity index (χ0) is 54.8. The fourth-order valence-electron chi connectivity index (χ4n) is 7.73. The molecule has 0 aromatic heterocycles. The first kappa shape index (κ1) is 70.7. The molecular weight excluding hydrogens is 935 g/mol. The Morgan fingerprint density at radius 1 is 0.400 bits per heavy atom. The average Bonchev–Trinajstić information content (AvgIpc) is 3.38. The monoisotopic (exact) mass is 1040 g/mol. The number of nitrogens with zero attached hydrogens (tertiary/aromatic N) is 1. The SMILES string of the molecule is CC/C=C\C/C=C\C/C=C\C/C=C\C/C=C\C/C=C\CCCCCCCCCCCCCCCCCCCCC(=O)OC(COC(=O)CC/C=C\C/C=C\C/C=C\C/C=C\CC)COC(OCC[N+](C)(C)C)C(=O)[O-]. The fourth-order valence-corrected chi connectivity index (χ4v) is 7.73. The molecule has 0 amide bonds. The molecule has 0 aromatic carbocycles. The van der Waals surface area contributed by atoms with Crippen LogP contribution in [0.4, 0.5) is 0 Å². The van der Waals surface area contributed by atoms with Gasteiger partial charge in [-0.05, 0) is 89.9 Å². The van der Waals surface area contributed by atoms with Crippen LogP contribution in [-0.4, -0.2) is 82.3 Å². The number of ether oxygens (including phenoxy) is 4. The summed E-state index contributed by atoms with van der Waals surface area (Å²) >= 11 is 0. The van der Waals surface area contributed by atoms with Crippen molar-refractivity contribution in [2.75, 3.05) is 47.5 Å². The first-order valence-electron chi connectivity index (χ1n) is 29.7. The molecule has 75 heavy (non-hydrogen) atoms. The second-order valence-electron chi connectivity index (χ2n) is 20.5. The maximum Gasteiger partial charge on any atom is 0.306 e. The van der Waals surface area contributed by atoms with Gasteiger partial charge >= 0.3 is 11.9 Å². The largest absolute Gasteiger partial charge is 0.545 e. The molecule has 0 aliphatic heterocycles. The van der Waals surface area contributed by atoms with Crippen LogP contribution in [0, 0.1) is 0 Å². The average molecular weight is 1040 g/mol. The molecule has 2 atom stereocenters. The number of hydrogen-bond acceptors (Lipinski definition) is 8. The van der Waals surface area contributed by atoms with E-state index in [9.17, 15) is 19.5 Å². The highest BCUT2D eigenvalue weighted by molar-refractivity contribution is 5.70. The standard InChI is InChI=1S/C66H109NO8/c1-6-8-10-12-14-16-18-20-21-22-23-24-25-26-27-28-29-30-31-32-33-34-35-36-37-38-39-40-41-42-43-45-47-49-51-53-55-57-64(69)75-62(61-74-66(65(70)71)72-59-58-67(3,4)5)60-73-63(68)56-54-52-50-48-46-44-19-17-15-13-11-9-7-2/h8-11,14-17,20-21,23-24,26-27,29-30,44,46,50,52,62,66H,6-7,12-13,18-19,22,25,28,31-43,45,47-49,51,53-61H2,1-5H3/b10-8-,11-9-,16-14-,17-15-,21-20-,24-23-,27-26-,30-29-,46-44-,52-50-. The molecule has 0 saturated carbocycles. The van der Waals surface area contributed by atoms with E-state index in [4.69, 9.17) is 18.9 Å². The number of hydrogen-bond donors (Lipinski definition) is 0. The Labute approximate surface area is 459 Å². The number of carbonyl (C=O) groups excluding carboxylic acids is 3. The summed E-state index contributed by atoms with van der Waals surface area (Å²) in [5.41, 5.74) is 0. The number of rotatable bonds is 53. The Hall–Kier alpha value is -4.31.